The van der Waals surface area contributed by atoms with E-state index in [1.54, 1.807) is 12.1 Å². The lowest BCUT2D eigenvalue weighted by molar-refractivity contribution is -0.383. The molecular formula is C9H11ClN2O3. The fourth-order valence-electron chi connectivity index (χ4n) is 1.11. The van der Waals surface area contributed by atoms with Crippen molar-refractivity contribution in [3.63, 3.8) is 0 Å². The summed E-state index contributed by atoms with van der Waals surface area (Å²) in [5.74, 6) is 0. The Kier molecular flexibility index (Phi) is 4.33. The molecule has 0 aromatic heterocycles. The molecular weight excluding hydrogens is 220 g/mol. The van der Waals surface area contributed by atoms with Gasteiger partial charge in [-0.25, -0.2) is 0 Å². The number of rotatable bonds is 5. The van der Waals surface area contributed by atoms with Gasteiger partial charge in [-0.05, 0) is 18.6 Å². The first kappa shape index (κ1) is 11.7. The van der Waals surface area contributed by atoms with Gasteiger partial charge in [-0.3, -0.25) is 10.1 Å². The van der Waals surface area contributed by atoms with Crippen molar-refractivity contribution in [2.24, 2.45) is 0 Å². The molecule has 0 bridgehead atoms. The first-order chi connectivity index (χ1) is 7.15. The number of nitro groups is 1. The van der Waals surface area contributed by atoms with Crippen LogP contribution in [-0.2, 0) is 0 Å². The summed E-state index contributed by atoms with van der Waals surface area (Å²) in [4.78, 5) is 10.2. The molecule has 0 aliphatic carbocycles. The Bertz CT molecular complexity index is 357. The van der Waals surface area contributed by atoms with Gasteiger partial charge in [-0.2, -0.15) is 0 Å². The van der Waals surface area contributed by atoms with Crippen molar-refractivity contribution in [2.75, 3.05) is 18.5 Å². The Hall–Kier alpha value is -1.33. The van der Waals surface area contributed by atoms with Crippen molar-refractivity contribution in [1.82, 2.24) is 0 Å². The molecule has 2 N–H and O–H groups in total. The molecule has 0 saturated carbocycles. The van der Waals surface area contributed by atoms with Crippen LogP contribution >= 0.6 is 11.6 Å². The molecule has 6 heteroatoms. The number of aliphatic hydroxyl groups is 1. The van der Waals surface area contributed by atoms with Gasteiger partial charge in [0, 0.05) is 24.2 Å². The molecule has 0 radical (unpaired) electrons. The van der Waals surface area contributed by atoms with Crippen LogP contribution in [0.25, 0.3) is 0 Å². The average Bonchev–Trinajstić information content (AvgIpc) is 2.20. The first-order valence-electron chi connectivity index (χ1n) is 4.44. The number of hydrogen-bond donors (Lipinski definition) is 2. The van der Waals surface area contributed by atoms with E-state index >= 15 is 0 Å². The lowest BCUT2D eigenvalue weighted by Gasteiger charge is -2.05. The smallest absolute Gasteiger partial charge is 0.293 e. The van der Waals surface area contributed by atoms with Crippen LogP contribution < -0.4 is 5.32 Å². The summed E-state index contributed by atoms with van der Waals surface area (Å²) >= 11 is 5.65. The molecule has 1 aromatic carbocycles. The van der Waals surface area contributed by atoms with Crippen molar-refractivity contribution in [3.05, 3.63) is 33.3 Å². The maximum atomic E-state index is 10.7. The molecule has 0 atom stereocenters. The summed E-state index contributed by atoms with van der Waals surface area (Å²) in [5.41, 5.74) is 0.360. The maximum absolute atomic E-state index is 10.7. The minimum atomic E-state index is -0.493. The van der Waals surface area contributed by atoms with Crippen LogP contribution in [0, 0.1) is 10.1 Å². The first-order valence-corrected chi connectivity index (χ1v) is 4.81. The van der Waals surface area contributed by atoms with E-state index in [0.29, 0.717) is 23.7 Å². The van der Waals surface area contributed by atoms with Crippen molar-refractivity contribution in [3.8, 4) is 0 Å². The second-order valence-electron chi connectivity index (χ2n) is 2.92. The Balaban J connectivity index is 2.81. The van der Waals surface area contributed by atoms with Gasteiger partial charge in [0.1, 0.15) is 5.69 Å². The molecule has 15 heavy (non-hydrogen) atoms. The lowest BCUT2D eigenvalue weighted by Crippen LogP contribution is -2.05. The van der Waals surface area contributed by atoms with Crippen molar-refractivity contribution in [1.29, 1.82) is 0 Å². The van der Waals surface area contributed by atoms with Crippen molar-refractivity contribution in [2.45, 2.75) is 6.42 Å². The Morgan fingerprint density at radius 2 is 2.27 bits per heavy atom. The second kappa shape index (κ2) is 5.53. The third kappa shape index (κ3) is 3.38. The summed E-state index contributed by atoms with van der Waals surface area (Å²) < 4.78 is 0. The van der Waals surface area contributed by atoms with E-state index in [9.17, 15) is 10.1 Å². The Morgan fingerprint density at radius 1 is 1.53 bits per heavy atom. The predicted octanol–water partition coefficient (Wildman–Crippen LogP) is 2.04. The van der Waals surface area contributed by atoms with Gasteiger partial charge < -0.3 is 10.4 Å². The number of nitrogens with zero attached hydrogens (tertiary/aromatic N) is 1. The van der Waals surface area contributed by atoms with Gasteiger partial charge in [-0.15, -0.1) is 0 Å². The molecule has 0 heterocycles. The standard InChI is InChI=1S/C9H11ClN2O3/c10-7-2-3-8(11-4-1-5-13)9(6-7)12(14)15/h2-3,6,11,13H,1,4-5H2. The van der Waals surface area contributed by atoms with Crippen molar-refractivity contribution < 1.29 is 10.0 Å². The second-order valence-corrected chi connectivity index (χ2v) is 3.36. The molecule has 5 nitrogen and oxygen atoms in total. The van der Waals surface area contributed by atoms with Crippen LogP contribution in [0.3, 0.4) is 0 Å². The van der Waals surface area contributed by atoms with Gasteiger partial charge >= 0.3 is 0 Å². The highest BCUT2D eigenvalue weighted by molar-refractivity contribution is 6.30. The van der Waals surface area contributed by atoms with Gasteiger partial charge in [0.05, 0.1) is 4.92 Å². The van der Waals surface area contributed by atoms with Crippen LogP contribution in [0.5, 0.6) is 0 Å². The summed E-state index contributed by atoms with van der Waals surface area (Å²) in [6.07, 6.45) is 0.541. The minimum absolute atomic E-state index is 0.0500. The summed E-state index contributed by atoms with van der Waals surface area (Å²) in [5, 5.41) is 22.4. The van der Waals surface area contributed by atoms with E-state index in [1.165, 1.54) is 6.07 Å². The SMILES string of the molecule is O=[N+]([O-])c1cc(Cl)ccc1NCCCO. The van der Waals surface area contributed by atoms with Crippen LogP contribution in [0.2, 0.25) is 5.02 Å². The van der Waals surface area contributed by atoms with Crippen LogP contribution in [0.4, 0.5) is 11.4 Å². The molecule has 0 amide bonds. The molecule has 0 spiro atoms. The number of aliphatic hydroxyl groups excluding tert-OH is 1. The van der Waals surface area contributed by atoms with Gasteiger partial charge in [0.25, 0.3) is 5.69 Å². The molecule has 0 saturated heterocycles. The molecule has 0 aliphatic rings. The molecule has 82 valence electrons. The molecule has 0 aliphatic heterocycles. The predicted molar refractivity (Wildman–Crippen MR) is 58.3 cm³/mol. The average molecular weight is 231 g/mol. The number of anilines is 1. The number of benzene rings is 1. The topological polar surface area (TPSA) is 75.4 Å². The van der Waals surface area contributed by atoms with Crippen LogP contribution in [-0.4, -0.2) is 23.2 Å². The minimum Gasteiger partial charge on any atom is -0.396 e. The zero-order valence-electron chi connectivity index (χ0n) is 7.94. The quantitative estimate of drug-likeness (QED) is 0.461. The highest BCUT2D eigenvalue weighted by atomic mass is 35.5. The lowest BCUT2D eigenvalue weighted by atomic mass is 10.2. The third-order valence-corrected chi connectivity index (χ3v) is 2.04. The van der Waals surface area contributed by atoms with Crippen LogP contribution in [0.1, 0.15) is 6.42 Å². The summed E-state index contributed by atoms with van der Waals surface area (Å²) in [7, 11) is 0. The van der Waals surface area contributed by atoms with E-state index in [-0.39, 0.29) is 12.3 Å². The fourth-order valence-corrected chi connectivity index (χ4v) is 1.27. The summed E-state index contributed by atoms with van der Waals surface area (Å²) in [6.45, 7) is 0.535. The van der Waals surface area contributed by atoms with Gasteiger partial charge in [-0.1, -0.05) is 11.6 Å². The largest absolute Gasteiger partial charge is 0.396 e. The maximum Gasteiger partial charge on any atom is 0.293 e. The fraction of sp³-hybridized carbons (Fsp3) is 0.333. The van der Waals surface area contributed by atoms with E-state index in [2.05, 4.69) is 5.32 Å². The molecule has 0 fully saturated rings. The van der Waals surface area contributed by atoms with Crippen LogP contribution in [0.15, 0.2) is 18.2 Å². The Labute approximate surface area is 91.8 Å². The Morgan fingerprint density at radius 3 is 2.87 bits per heavy atom. The van der Waals surface area contributed by atoms with Gasteiger partial charge in [0.15, 0.2) is 0 Å². The number of hydrogen-bond acceptors (Lipinski definition) is 4. The monoisotopic (exact) mass is 230 g/mol. The summed E-state index contributed by atoms with van der Waals surface area (Å²) in [6, 6.07) is 4.43. The van der Waals surface area contributed by atoms with E-state index in [0.717, 1.165) is 0 Å². The van der Waals surface area contributed by atoms with E-state index < -0.39 is 4.92 Å². The number of nitrogens with one attached hydrogen (secondary N) is 1. The zero-order valence-corrected chi connectivity index (χ0v) is 8.70. The normalized spacial score (nSPS) is 10.0. The zero-order chi connectivity index (χ0) is 11.3. The highest BCUT2D eigenvalue weighted by Crippen LogP contribution is 2.27. The highest BCUT2D eigenvalue weighted by Gasteiger charge is 2.13. The number of halogens is 1. The molecule has 1 rings (SSSR count). The van der Waals surface area contributed by atoms with Gasteiger partial charge in [0.2, 0.25) is 0 Å². The number of nitro benzene ring substituents is 1. The molecule has 1 aromatic rings. The van der Waals surface area contributed by atoms with E-state index in [1.807, 2.05) is 0 Å². The van der Waals surface area contributed by atoms with Crippen molar-refractivity contribution >= 4 is 23.0 Å². The molecule has 0 unspecified atom stereocenters. The van der Waals surface area contributed by atoms with E-state index in [4.69, 9.17) is 16.7 Å². The third-order valence-electron chi connectivity index (χ3n) is 1.81.